The number of nitrogens with zero attached hydrogens (tertiary/aromatic N) is 5. The molecule has 1 aliphatic carbocycles. The quantitative estimate of drug-likeness (QED) is 0.134. The zero-order valence-corrected chi connectivity index (χ0v) is 33.6. The van der Waals surface area contributed by atoms with E-state index in [1.807, 2.05) is 31.1 Å². The van der Waals surface area contributed by atoms with Crippen LogP contribution in [0.4, 0.5) is 4.79 Å². The van der Waals surface area contributed by atoms with Gasteiger partial charge in [-0.3, -0.25) is 9.59 Å². The van der Waals surface area contributed by atoms with E-state index in [2.05, 4.69) is 87.5 Å². The summed E-state index contributed by atoms with van der Waals surface area (Å²) >= 11 is 0. The summed E-state index contributed by atoms with van der Waals surface area (Å²) in [5.41, 5.74) is 6.10. The van der Waals surface area contributed by atoms with Gasteiger partial charge < -0.3 is 34.7 Å². The van der Waals surface area contributed by atoms with Crippen molar-refractivity contribution >= 4 is 17.9 Å². The molecule has 0 bridgehead atoms. The van der Waals surface area contributed by atoms with Crippen molar-refractivity contribution < 1.29 is 19.1 Å². The number of likely N-dealkylation sites (tertiary alicyclic amines) is 2. The number of H-pyrrole nitrogens is 2. The van der Waals surface area contributed by atoms with Crippen LogP contribution in [0.5, 0.6) is 0 Å². The van der Waals surface area contributed by atoms with Gasteiger partial charge in [0.2, 0.25) is 11.8 Å². The van der Waals surface area contributed by atoms with E-state index in [-0.39, 0.29) is 29.8 Å². The summed E-state index contributed by atoms with van der Waals surface area (Å²) in [7, 11) is 1.30. The van der Waals surface area contributed by atoms with Crippen LogP contribution < -0.4 is 5.32 Å². The summed E-state index contributed by atoms with van der Waals surface area (Å²) in [6.45, 7) is 11.9. The molecule has 2 saturated heterocycles. The molecule has 3 fully saturated rings. The molecule has 56 heavy (non-hydrogen) atoms. The van der Waals surface area contributed by atoms with Crippen molar-refractivity contribution in [2.75, 3.05) is 33.3 Å². The van der Waals surface area contributed by atoms with Crippen LogP contribution in [0, 0.1) is 11.8 Å². The third kappa shape index (κ3) is 8.26. The van der Waals surface area contributed by atoms with Crippen molar-refractivity contribution in [3.63, 3.8) is 0 Å². The molecule has 7 rings (SSSR count). The summed E-state index contributed by atoms with van der Waals surface area (Å²) in [6.07, 6.45) is 10.9. The summed E-state index contributed by atoms with van der Waals surface area (Å²) < 4.78 is 4.77. The van der Waals surface area contributed by atoms with E-state index in [0.29, 0.717) is 18.5 Å². The summed E-state index contributed by atoms with van der Waals surface area (Å²) in [5.74, 6) is 1.84. The Balaban J connectivity index is 0.970. The Morgan fingerprint density at radius 1 is 0.750 bits per heavy atom. The van der Waals surface area contributed by atoms with Crippen LogP contribution in [0.3, 0.4) is 0 Å². The largest absolute Gasteiger partial charge is 0.453 e. The number of imidazole rings is 2. The van der Waals surface area contributed by atoms with Gasteiger partial charge in [-0.25, -0.2) is 14.8 Å². The van der Waals surface area contributed by atoms with E-state index < -0.39 is 12.1 Å². The minimum Gasteiger partial charge on any atom is -0.453 e. The van der Waals surface area contributed by atoms with Crippen molar-refractivity contribution in [1.29, 1.82) is 0 Å². The Hall–Kier alpha value is -4.97. The lowest BCUT2D eigenvalue weighted by Crippen LogP contribution is -2.51. The topological polar surface area (TPSA) is 140 Å². The highest BCUT2D eigenvalue weighted by molar-refractivity contribution is 5.86. The standard InChI is InChI=1S/C44H58N8O4/c1-6-50(7-2)34-22-20-33(21-23-34)42(53)51-24-8-10-37(51)40-45-26-35(47-40)31-16-12-29(13-17-31)30-14-18-32(19-15-30)36-27-46-41(48-36)38-11-9-25-52(38)43(54)39(28(3)4)49-44(55)56-5/h12-19,26-28,33-34,37-39H,6-11,20-25H2,1-5H3,(H,45,47)(H,46,48)(H,49,55)/t33?,34?,37-,38-,39-/m0/s1. The van der Waals surface area contributed by atoms with Crippen LogP contribution in [0.2, 0.25) is 0 Å². The molecule has 3 amide bonds. The number of ether oxygens (including phenoxy) is 1. The Bertz CT molecular complexity index is 1940. The van der Waals surface area contributed by atoms with Crippen LogP contribution in [-0.4, -0.2) is 97.9 Å². The Morgan fingerprint density at radius 2 is 1.23 bits per heavy atom. The van der Waals surface area contributed by atoms with Crippen molar-refractivity contribution in [3.05, 3.63) is 72.6 Å². The molecule has 1 saturated carbocycles. The molecule has 2 aromatic carbocycles. The zero-order chi connectivity index (χ0) is 39.3. The highest BCUT2D eigenvalue weighted by Gasteiger charge is 2.39. The van der Waals surface area contributed by atoms with E-state index in [0.717, 1.165) is 116 Å². The van der Waals surface area contributed by atoms with Gasteiger partial charge >= 0.3 is 6.09 Å². The predicted octanol–water partition coefficient (Wildman–Crippen LogP) is 7.74. The number of alkyl carbamates (subject to hydrolysis) is 1. The second kappa shape index (κ2) is 17.4. The van der Waals surface area contributed by atoms with Gasteiger partial charge in [0.1, 0.15) is 17.7 Å². The predicted molar refractivity (Wildman–Crippen MR) is 217 cm³/mol. The van der Waals surface area contributed by atoms with Crippen molar-refractivity contribution in [1.82, 2.24) is 40.0 Å². The third-order valence-corrected chi connectivity index (χ3v) is 12.4. The van der Waals surface area contributed by atoms with Crippen molar-refractivity contribution in [2.45, 2.75) is 103 Å². The van der Waals surface area contributed by atoms with E-state index in [1.54, 1.807) is 0 Å². The molecule has 0 unspecified atom stereocenters. The number of benzene rings is 2. The number of rotatable bonds is 12. The maximum absolute atomic E-state index is 13.8. The Morgan fingerprint density at radius 3 is 1.71 bits per heavy atom. The molecule has 4 aromatic rings. The summed E-state index contributed by atoms with van der Waals surface area (Å²) in [4.78, 5) is 62.2. The number of hydrogen-bond donors (Lipinski definition) is 3. The number of aromatic nitrogens is 4. The fourth-order valence-electron chi connectivity index (χ4n) is 9.16. The van der Waals surface area contributed by atoms with Gasteiger partial charge in [-0.1, -0.05) is 76.2 Å². The average Bonchev–Trinajstić information content (AvgIpc) is 4.07. The maximum Gasteiger partial charge on any atom is 0.407 e. The highest BCUT2D eigenvalue weighted by atomic mass is 16.5. The van der Waals surface area contributed by atoms with Gasteiger partial charge in [-0.2, -0.15) is 0 Å². The average molecular weight is 763 g/mol. The zero-order valence-electron chi connectivity index (χ0n) is 33.6. The molecule has 12 heteroatoms. The maximum atomic E-state index is 13.8. The normalized spacial score (nSPS) is 21.8. The molecule has 2 aromatic heterocycles. The molecule has 3 N–H and O–H groups in total. The first-order chi connectivity index (χ1) is 27.2. The number of nitrogens with one attached hydrogen (secondary N) is 3. The highest BCUT2D eigenvalue weighted by Crippen LogP contribution is 2.37. The van der Waals surface area contributed by atoms with Crippen molar-refractivity contribution in [3.8, 4) is 33.6 Å². The van der Waals surface area contributed by atoms with Gasteiger partial charge in [-0.05, 0) is 92.6 Å². The molecule has 3 aliphatic rings. The summed E-state index contributed by atoms with van der Waals surface area (Å²) in [6, 6.07) is 16.6. The van der Waals surface area contributed by atoms with E-state index in [1.165, 1.54) is 7.11 Å². The van der Waals surface area contributed by atoms with E-state index in [9.17, 15) is 14.4 Å². The van der Waals surface area contributed by atoms with Gasteiger partial charge in [0.15, 0.2) is 0 Å². The Kier molecular flexibility index (Phi) is 12.2. The lowest BCUT2D eigenvalue weighted by atomic mass is 9.84. The third-order valence-electron chi connectivity index (χ3n) is 12.4. The van der Waals surface area contributed by atoms with Gasteiger partial charge in [0, 0.05) is 25.0 Å². The fraction of sp³-hybridized carbons (Fsp3) is 0.523. The monoisotopic (exact) mass is 762 g/mol. The van der Waals surface area contributed by atoms with Crippen LogP contribution in [0.15, 0.2) is 60.9 Å². The lowest BCUT2D eigenvalue weighted by Gasteiger charge is -2.37. The van der Waals surface area contributed by atoms with E-state index >= 15 is 0 Å². The van der Waals surface area contributed by atoms with Crippen molar-refractivity contribution in [2.24, 2.45) is 11.8 Å². The number of hydrogen-bond acceptors (Lipinski definition) is 7. The molecule has 3 atom stereocenters. The summed E-state index contributed by atoms with van der Waals surface area (Å²) in [5, 5.41) is 2.71. The van der Waals surface area contributed by atoms with Gasteiger partial charge in [-0.15, -0.1) is 0 Å². The number of carbonyl (C=O) groups is 3. The molecular formula is C44H58N8O4. The number of amides is 3. The molecule has 298 valence electrons. The molecule has 12 nitrogen and oxygen atoms in total. The number of aromatic amines is 2. The fourth-order valence-corrected chi connectivity index (χ4v) is 9.16. The smallest absolute Gasteiger partial charge is 0.407 e. The minimum absolute atomic E-state index is 0.00709. The second-order valence-corrected chi connectivity index (χ2v) is 16.0. The first-order valence-electron chi connectivity index (χ1n) is 20.7. The first-order valence-corrected chi connectivity index (χ1v) is 20.7. The number of carbonyl (C=O) groups excluding carboxylic acids is 3. The van der Waals surface area contributed by atoms with Crippen LogP contribution >= 0.6 is 0 Å². The number of methoxy groups -OCH3 is 1. The lowest BCUT2D eigenvalue weighted by molar-refractivity contribution is -0.138. The molecule has 0 spiro atoms. The SMILES string of the molecule is CCN(CC)C1CCC(C(=O)N2CCC[C@H]2c2ncc(-c3ccc(-c4ccc(-c5cnc([C@@H]6CCCN6C(=O)[C@@H](NC(=O)OC)C(C)C)[nH]5)cc4)cc3)[nH]2)CC1. The Labute approximate surface area is 330 Å². The second-order valence-electron chi connectivity index (χ2n) is 16.0. The van der Waals surface area contributed by atoms with Crippen LogP contribution in [-0.2, 0) is 14.3 Å². The van der Waals surface area contributed by atoms with E-state index in [4.69, 9.17) is 14.7 Å². The first kappa shape index (κ1) is 39.3. The van der Waals surface area contributed by atoms with Gasteiger partial charge in [0.05, 0.1) is 43.0 Å². The molecule has 4 heterocycles. The molecule has 0 radical (unpaired) electrons. The minimum atomic E-state index is -0.673. The van der Waals surface area contributed by atoms with Crippen LogP contribution in [0.25, 0.3) is 33.6 Å². The molecule has 2 aliphatic heterocycles. The van der Waals surface area contributed by atoms with Crippen LogP contribution in [0.1, 0.15) is 103 Å². The molecular weight excluding hydrogens is 705 g/mol. The van der Waals surface area contributed by atoms with Gasteiger partial charge in [0.25, 0.3) is 0 Å².